The van der Waals surface area contributed by atoms with Crippen LogP contribution >= 0.6 is 0 Å². The third-order valence-corrected chi connectivity index (χ3v) is 7.52. The summed E-state index contributed by atoms with van der Waals surface area (Å²) in [5.41, 5.74) is 2.03. The Morgan fingerprint density at radius 1 is 1.15 bits per heavy atom. The maximum atomic E-state index is 13.2. The Morgan fingerprint density at radius 2 is 1.97 bits per heavy atom. The number of benzene rings is 2. The number of piperidine rings is 1. The number of nitrogens with zero attached hydrogens (tertiary/aromatic N) is 2. The van der Waals surface area contributed by atoms with Crippen molar-refractivity contribution in [2.75, 3.05) is 18.4 Å². The Balaban J connectivity index is 1.29. The monoisotopic (exact) mass is 468 g/mol. The minimum atomic E-state index is -3.85. The lowest BCUT2D eigenvalue weighted by Crippen LogP contribution is -2.43. The summed E-state index contributed by atoms with van der Waals surface area (Å²) in [6.07, 6.45) is 2.70. The second-order valence-electron chi connectivity index (χ2n) is 7.82. The zero-order chi connectivity index (χ0) is 23.0. The first-order valence-corrected chi connectivity index (χ1v) is 11.8. The van der Waals surface area contributed by atoms with E-state index >= 15 is 0 Å². The fourth-order valence-electron chi connectivity index (χ4n) is 3.94. The molecule has 4 aromatic rings. The van der Waals surface area contributed by atoms with Crippen LogP contribution in [0.5, 0.6) is 0 Å². The maximum absolute atomic E-state index is 13.2. The van der Waals surface area contributed by atoms with Gasteiger partial charge in [-0.2, -0.15) is 4.31 Å². The minimum absolute atomic E-state index is 0.0156. The first-order chi connectivity index (χ1) is 15.9. The molecule has 2 aromatic carbocycles. The number of carbonyl (C=O) groups is 1. The number of H-pyrrole nitrogens is 1. The number of aromatic nitrogens is 2. The van der Waals surface area contributed by atoms with Crippen molar-refractivity contribution in [1.82, 2.24) is 14.4 Å². The Kier molecular flexibility index (Phi) is 5.35. The van der Waals surface area contributed by atoms with E-state index in [0.29, 0.717) is 36.4 Å². The lowest BCUT2D eigenvalue weighted by molar-refractivity contribution is -0.120. The second-order valence-corrected chi connectivity index (χ2v) is 9.76. The number of rotatable bonds is 5. The minimum Gasteiger partial charge on any atom is -0.408 e. The Bertz CT molecular complexity index is 1450. The predicted molar refractivity (Wildman–Crippen MR) is 119 cm³/mol. The topological polar surface area (TPSA) is 139 Å². The van der Waals surface area contributed by atoms with E-state index < -0.39 is 21.7 Å². The number of carbonyl (C=O) groups excluding carboxylic acids is 1. The molecule has 0 bridgehead atoms. The van der Waals surface area contributed by atoms with E-state index in [1.165, 1.54) is 22.5 Å². The largest absolute Gasteiger partial charge is 0.417 e. The molecule has 2 aromatic heterocycles. The Hall–Kier alpha value is -3.70. The predicted octanol–water partition coefficient (Wildman–Crippen LogP) is 2.82. The van der Waals surface area contributed by atoms with Crippen molar-refractivity contribution in [3.63, 3.8) is 0 Å². The molecule has 1 saturated heterocycles. The van der Waals surface area contributed by atoms with Crippen molar-refractivity contribution >= 4 is 32.7 Å². The van der Waals surface area contributed by atoms with E-state index in [0.717, 1.165) is 5.56 Å². The normalized spacial score (nSPS) is 17.3. The molecule has 1 aliphatic rings. The lowest BCUT2D eigenvalue weighted by atomic mass is 9.98. The van der Waals surface area contributed by atoms with Gasteiger partial charge in [-0.3, -0.25) is 9.78 Å². The van der Waals surface area contributed by atoms with Gasteiger partial charge in [0.05, 0.1) is 22.5 Å². The van der Waals surface area contributed by atoms with Crippen LogP contribution in [0.1, 0.15) is 12.8 Å². The lowest BCUT2D eigenvalue weighted by Gasteiger charge is -2.31. The average molecular weight is 468 g/mol. The molecule has 11 heteroatoms. The molecule has 1 aliphatic heterocycles. The van der Waals surface area contributed by atoms with Gasteiger partial charge in [0.15, 0.2) is 11.3 Å². The zero-order valence-corrected chi connectivity index (χ0v) is 18.2. The number of hydrogen-bond donors (Lipinski definition) is 2. The summed E-state index contributed by atoms with van der Waals surface area (Å²) in [5, 5.41) is 6.54. The van der Waals surface area contributed by atoms with Crippen LogP contribution in [0.25, 0.3) is 22.4 Å². The summed E-state index contributed by atoms with van der Waals surface area (Å²) in [5.74, 6) is -0.757. The maximum Gasteiger partial charge on any atom is 0.417 e. The van der Waals surface area contributed by atoms with E-state index in [9.17, 15) is 18.0 Å². The molecular formula is C22H20N4O6S. The number of anilines is 1. The quantitative estimate of drug-likeness (QED) is 0.459. The van der Waals surface area contributed by atoms with Crippen molar-refractivity contribution in [2.45, 2.75) is 17.7 Å². The smallest absolute Gasteiger partial charge is 0.408 e. The number of amides is 1. The van der Waals surface area contributed by atoms with E-state index in [1.54, 1.807) is 24.4 Å². The highest BCUT2D eigenvalue weighted by Gasteiger charge is 2.33. The number of sulfonamides is 1. The molecular weight excluding hydrogens is 448 g/mol. The summed E-state index contributed by atoms with van der Waals surface area (Å²) >= 11 is 0. The van der Waals surface area contributed by atoms with Gasteiger partial charge in [-0.05, 0) is 49.2 Å². The van der Waals surface area contributed by atoms with Gasteiger partial charge >= 0.3 is 5.76 Å². The van der Waals surface area contributed by atoms with Gasteiger partial charge in [-0.15, -0.1) is 0 Å². The molecule has 0 radical (unpaired) electrons. The van der Waals surface area contributed by atoms with Gasteiger partial charge in [-0.1, -0.05) is 5.16 Å². The average Bonchev–Trinajstić information content (AvgIpc) is 3.48. The molecule has 3 heterocycles. The van der Waals surface area contributed by atoms with Crippen LogP contribution in [0.3, 0.4) is 0 Å². The first-order valence-electron chi connectivity index (χ1n) is 10.4. The number of aromatic amines is 1. The first kappa shape index (κ1) is 21.2. The SMILES string of the molecule is O=C(Nc1ccc(-c2ccno2)cc1)C1CCCN(S(=O)(=O)c2ccc3[nH]c(=O)oc3c2)C1. The molecule has 10 nitrogen and oxygen atoms in total. The van der Waals surface area contributed by atoms with E-state index in [2.05, 4.69) is 15.5 Å². The fourth-order valence-corrected chi connectivity index (χ4v) is 5.48. The van der Waals surface area contributed by atoms with Crippen molar-refractivity contribution in [2.24, 2.45) is 5.92 Å². The third kappa shape index (κ3) is 4.20. The molecule has 33 heavy (non-hydrogen) atoms. The number of oxazole rings is 1. The number of fused-ring (bicyclic) bond motifs is 1. The van der Waals surface area contributed by atoms with E-state index in [1.807, 2.05) is 12.1 Å². The molecule has 0 spiro atoms. The number of hydrogen-bond acceptors (Lipinski definition) is 7. The molecule has 1 unspecified atom stereocenters. The van der Waals surface area contributed by atoms with Crippen LogP contribution in [-0.2, 0) is 14.8 Å². The van der Waals surface area contributed by atoms with Crippen LogP contribution in [0.2, 0.25) is 0 Å². The van der Waals surface area contributed by atoms with Gasteiger partial charge in [0, 0.05) is 36.5 Å². The molecule has 170 valence electrons. The zero-order valence-electron chi connectivity index (χ0n) is 17.4. The van der Waals surface area contributed by atoms with E-state index in [4.69, 9.17) is 8.94 Å². The highest BCUT2D eigenvalue weighted by atomic mass is 32.2. The fraction of sp³-hybridized carbons (Fsp3) is 0.227. The standard InChI is InChI=1S/C22H20N4O6S/c27-21(24-16-5-3-14(4-6-16)19-9-10-23-32-19)15-2-1-11-26(13-15)33(29,30)17-7-8-18-20(12-17)31-22(28)25-18/h3-10,12,15H,1-2,11,13H2,(H,24,27)(H,25,28). The summed E-state index contributed by atoms with van der Waals surface area (Å²) in [4.78, 5) is 26.7. The highest BCUT2D eigenvalue weighted by molar-refractivity contribution is 7.89. The van der Waals surface area contributed by atoms with E-state index in [-0.39, 0.29) is 22.9 Å². The molecule has 5 rings (SSSR count). The van der Waals surface area contributed by atoms with Crippen molar-refractivity contribution in [3.05, 3.63) is 65.3 Å². The van der Waals surface area contributed by atoms with Crippen molar-refractivity contribution in [1.29, 1.82) is 0 Å². The Labute approximate surface area is 188 Å². The molecule has 0 saturated carbocycles. The molecule has 0 aliphatic carbocycles. The second kappa shape index (κ2) is 8.34. The van der Waals surface area contributed by atoms with Gasteiger partial charge < -0.3 is 14.3 Å². The van der Waals surface area contributed by atoms with Crippen LogP contribution in [0.15, 0.2) is 73.4 Å². The third-order valence-electron chi connectivity index (χ3n) is 5.66. The molecule has 1 atom stereocenters. The summed E-state index contributed by atoms with van der Waals surface area (Å²) < 4.78 is 37.7. The summed E-state index contributed by atoms with van der Waals surface area (Å²) in [7, 11) is -3.85. The van der Waals surface area contributed by atoms with Gasteiger partial charge in [0.1, 0.15) is 0 Å². The molecule has 2 N–H and O–H groups in total. The summed E-state index contributed by atoms with van der Waals surface area (Å²) in [6, 6.07) is 13.1. The molecule has 1 amide bonds. The van der Waals surface area contributed by atoms with Crippen LogP contribution < -0.4 is 11.1 Å². The molecule has 1 fully saturated rings. The van der Waals surface area contributed by atoms with Gasteiger partial charge in [0.25, 0.3) is 0 Å². The van der Waals surface area contributed by atoms with Crippen LogP contribution in [0.4, 0.5) is 5.69 Å². The highest BCUT2D eigenvalue weighted by Crippen LogP contribution is 2.27. The van der Waals surface area contributed by atoms with Gasteiger partial charge in [0.2, 0.25) is 15.9 Å². The van der Waals surface area contributed by atoms with Crippen molar-refractivity contribution < 1.29 is 22.2 Å². The van der Waals surface area contributed by atoms with Crippen molar-refractivity contribution in [3.8, 4) is 11.3 Å². The van der Waals surface area contributed by atoms with Crippen LogP contribution in [-0.4, -0.2) is 41.9 Å². The number of nitrogens with one attached hydrogen (secondary N) is 2. The summed E-state index contributed by atoms with van der Waals surface area (Å²) in [6.45, 7) is 0.382. The van der Waals surface area contributed by atoms with Crippen LogP contribution in [0, 0.1) is 5.92 Å². The van der Waals surface area contributed by atoms with Gasteiger partial charge in [-0.25, -0.2) is 13.2 Å². The Morgan fingerprint density at radius 3 is 2.73 bits per heavy atom.